The molecule has 0 amide bonds. The molecule has 13 heavy (non-hydrogen) atoms. The van der Waals surface area contributed by atoms with Gasteiger partial charge < -0.3 is 9.09 Å². The van der Waals surface area contributed by atoms with Crippen LogP contribution in [0.5, 0.6) is 0 Å². The predicted molar refractivity (Wildman–Crippen MR) is 48.1 cm³/mol. The van der Waals surface area contributed by atoms with Gasteiger partial charge in [-0.15, -0.1) is 0 Å². The summed E-state index contributed by atoms with van der Waals surface area (Å²) in [5.74, 6) is 1.34. The fourth-order valence-electron chi connectivity index (χ4n) is 1.15. The first-order valence-electron chi connectivity index (χ1n) is 4.24. The highest BCUT2D eigenvalue weighted by atomic mass is 16.5. The second-order valence-corrected chi connectivity index (χ2v) is 2.93. The highest BCUT2D eigenvalue weighted by Gasteiger charge is 2.07. The number of rotatable bonds is 2. The van der Waals surface area contributed by atoms with E-state index in [0.717, 1.165) is 12.0 Å². The molecule has 0 atom stereocenters. The Balaban J connectivity index is 2.35. The summed E-state index contributed by atoms with van der Waals surface area (Å²) in [5, 5.41) is 3.87. The van der Waals surface area contributed by atoms with Crippen molar-refractivity contribution >= 4 is 0 Å². The average Bonchev–Trinajstić information content (AvgIpc) is 2.71. The van der Waals surface area contributed by atoms with E-state index < -0.39 is 0 Å². The summed E-state index contributed by atoms with van der Waals surface area (Å²) in [4.78, 5) is 4.22. The van der Waals surface area contributed by atoms with Gasteiger partial charge in [-0.3, -0.25) is 0 Å². The number of aryl methyl sites for hydroxylation is 2. The quantitative estimate of drug-likeness (QED) is 0.700. The Labute approximate surface area is 76.2 Å². The lowest BCUT2D eigenvalue weighted by atomic mass is 10.3. The maximum atomic E-state index is 5.01. The van der Waals surface area contributed by atoms with E-state index in [4.69, 9.17) is 4.52 Å². The zero-order valence-corrected chi connectivity index (χ0v) is 7.69. The van der Waals surface area contributed by atoms with Gasteiger partial charge in [-0.25, -0.2) is 0 Å². The molecule has 2 rings (SSSR count). The minimum atomic E-state index is 0.664. The third-order valence-corrected chi connectivity index (χ3v) is 1.86. The summed E-state index contributed by atoms with van der Waals surface area (Å²) in [7, 11) is 1.96. The predicted octanol–water partition coefficient (Wildman–Crippen LogP) is 1.64. The minimum Gasteiger partial charge on any atom is -0.357 e. The number of nitrogens with zero attached hydrogens (tertiary/aromatic N) is 3. The van der Waals surface area contributed by atoms with Crippen LogP contribution in [-0.4, -0.2) is 14.7 Å². The molecule has 68 valence electrons. The Bertz CT molecular complexity index is 402. The van der Waals surface area contributed by atoms with Gasteiger partial charge in [0.2, 0.25) is 11.7 Å². The van der Waals surface area contributed by atoms with Crippen molar-refractivity contribution in [2.75, 3.05) is 0 Å². The number of hydrogen-bond donors (Lipinski definition) is 0. The first kappa shape index (κ1) is 8.04. The molecule has 0 aromatic carbocycles. The van der Waals surface area contributed by atoms with Gasteiger partial charge >= 0.3 is 0 Å². The summed E-state index contributed by atoms with van der Waals surface area (Å²) >= 11 is 0. The Kier molecular flexibility index (Phi) is 1.88. The Morgan fingerprint density at radius 2 is 2.38 bits per heavy atom. The van der Waals surface area contributed by atoms with Gasteiger partial charge in [-0.2, -0.15) is 4.98 Å². The molecule has 0 radical (unpaired) electrons. The van der Waals surface area contributed by atoms with Crippen LogP contribution in [0.3, 0.4) is 0 Å². The molecule has 0 spiro atoms. The van der Waals surface area contributed by atoms with Crippen molar-refractivity contribution in [3.05, 3.63) is 24.4 Å². The molecule has 0 aliphatic rings. The monoisotopic (exact) mass is 177 g/mol. The lowest BCUT2D eigenvalue weighted by Gasteiger charge is -1.85. The van der Waals surface area contributed by atoms with E-state index in [9.17, 15) is 0 Å². The molecule has 0 saturated carbocycles. The molecule has 0 N–H and O–H groups in total. The molecule has 4 nitrogen and oxygen atoms in total. The molecular formula is C9H11N3O. The van der Waals surface area contributed by atoms with E-state index in [1.54, 1.807) is 0 Å². The van der Waals surface area contributed by atoms with E-state index in [2.05, 4.69) is 10.1 Å². The van der Waals surface area contributed by atoms with Gasteiger partial charge in [0.15, 0.2) is 0 Å². The van der Waals surface area contributed by atoms with Crippen molar-refractivity contribution in [1.82, 2.24) is 14.7 Å². The third kappa shape index (κ3) is 1.47. The van der Waals surface area contributed by atoms with Crippen LogP contribution < -0.4 is 0 Å². The maximum Gasteiger partial charge on any atom is 0.226 e. The van der Waals surface area contributed by atoms with Gasteiger partial charge in [0.05, 0.1) is 0 Å². The molecule has 0 aliphatic carbocycles. The smallest absolute Gasteiger partial charge is 0.226 e. The Morgan fingerprint density at radius 1 is 1.54 bits per heavy atom. The molecule has 2 aromatic heterocycles. The van der Waals surface area contributed by atoms with Gasteiger partial charge in [0.1, 0.15) is 0 Å². The van der Waals surface area contributed by atoms with E-state index in [0.29, 0.717) is 11.7 Å². The zero-order chi connectivity index (χ0) is 9.26. The van der Waals surface area contributed by atoms with Crippen LogP contribution in [0.1, 0.15) is 12.8 Å². The molecule has 2 aromatic rings. The van der Waals surface area contributed by atoms with Crippen molar-refractivity contribution in [2.24, 2.45) is 7.05 Å². The summed E-state index contributed by atoms with van der Waals surface area (Å²) in [5.41, 5.74) is 0.992. The molecule has 0 unspecified atom stereocenters. The summed E-state index contributed by atoms with van der Waals surface area (Å²) in [6.45, 7) is 1.99. The number of hydrogen-bond acceptors (Lipinski definition) is 3. The van der Waals surface area contributed by atoms with Gasteiger partial charge in [-0.1, -0.05) is 12.1 Å². The summed E-state index contributed by atoms with van der Waals surface area (Å²) in [6, 6.07) is 1.96. The van der Waals surface area contributed by atoms with Crippen LogP contribution in [0.2, 0.25) is 0 Å². The Morgan fingerprint density at radius 3 is 2.92 bits per heavy atom. The molecule has 2 heterocycles. The van der Waals surface area contributed by atoms with Crippen LogP contribution in [0.25, 0.3) is 11.4 Å². The molecule has 0 aliphatic heterocycles. The van der Waals surface area contributed by atoms with Gasteiger partial charge in [0, 0.05) is 31.4 Å². The first-order chi connectivity index (χ1) is 6.29. The molecule has 0 fully saturated rings. The third-order valence-electron chi connectivity index (χ3n) is 1.86. The first-order valence-corrected chi connectivity index (χ1v) is 4.24. The van der Waals surface area contributed by atoms with Crippen LogP contribution in [0.4, 0.5) is 0 Å². The molecule has 0 bridgehead atoms. The normalized spacial score (nSPS) is 10.6. The lowest BCUT2D eigenvalue weighted by Crippen LogP contribution is -1.81. The molecular weight excluding hydrogens is 166 g/mol. The second-order valence-electron chi connectivity index (χ2n) is 2.93. The highest BCUT2D eigenvalue weighted by Crippen LogP contribution is 2.15. The van der Waals surface area contributed by atoms with Crippen LogP contribution >= 0.6 is 0 Å². The van der Waals surface area contributed by atoms with Crippen molar-refractivity contribution in [3.63, 3.8) is 0 Å². The van der Waals surface area contributed by atoms with Gasteiger partial charge in [0.25, 0.3) is 0 Å². The minimum absolute atomic E-state index is 0.664. The van der Waals surface area contributed by atoms with Crippen molar-refractivity contribution in [2.45, 2.75) is 13.3 Å². The molecule has 4 heteroatoms. The van der Waals surface area contributed by atoms with E-state index in [1.165, 1.54) is 0 Å². The standard InChI is InChI=1S/C9H11N3O/c1-3-8-10-9(11-13-8)7-4-5-12(2)6-7/h4-6H,3H2,1-2H3. The fraction of sp³-hybridized carbons (Fsp3) is 0.333. The Hall–Kier alpha value is -1.58. The number of aromatic nitrogens is 3. The van der Waals surface area contributed by atoms with E-state index in [1.807, 2.05) is 37.0 Å². The summed E-state index contributed by atoms with van der Waals surface area (Å²) in [6.07, 6.45) is 4.70. The van der Waals surface area contributed by atoms with Crippen molar-refractivity contribution in [1.29, 1.82) is 0 Å². The zero-order valence-electron chi connectivity index (χ0n) is 7.69. The lowest BCUT2D eigenvalue weighted by molar-refractivity contribution is 0.383. The summed E-state index contributed by atoms with van der Waals surface area (Å²) < 4.78 is 6.96. The molecule has 0 saturated heterocycles. The van der Waals surface area contributed by atoms with E-state index in [-0.39, 0.29) is 0 Å². The van der Waals surface area contributed by atoms with Crippen LogP contribution in [0, 0.1) is 0 Å². The average molecular weight is 177 g/mol. The topological polar surface area (TPSA) is 43.9 Å². The van der Waals surface area contributed by atoms with Crippen molar-refractivity contribution in [3.8, 4) is 11.4 Å². The fourth-order valence-corrected chi connectivity index (χ4v) is 1.15. The van der Waals surface area contributed by atoms with E-state index >= 15 is 0 Å². The van der Waals surface area contributed by atoms with Crippen LogP contribution in [0.15, 0.2) is 23.0 Å². The highest BCUT2D eigenvalue weighted by molar-refractivity contribution is 5.52. The second kappa shape index (κ2) is 3.05. The van der Waals surface area contributed by atoms with Gasteiger partial charge in [-0.05, 0) is 6.07 Å². The maximum absolute atomic E-state index is 5.01. The van der Waals surface area contributed by atoms with Crippen molar-refractivity contribution < 1.29 is 4.52 Å². The largest absolute Gasteiger partial charge is 0.357 e. The SMILES string of the molecule is CCc1nc(-c2ccn(C)c2)no1. The van der Waals surface area contributed by atoms with Crippen LogP contribution in [-0.2, 0) is 13.5 Å².